The van der Waals surface area contributed by atoms with Gasteiger partial charge in [-0.15, -0.1) is 16.4 Å². The molecule has 0 aliphatic heterocycles. The van der Waals surface area contributed by atoms with Crippen molar-refractivity contribution < 1.29 is 4.79 Å². The molecule has 3 rings (SSSR count). The summed E-state index contributed by atoms with van der Waals surface area (Å²) in [6.07, 6.45) is 0. The molecule has 0 radical (unpaired) electrons. The van der Waals surface area contributed by atoms with Gasteiger partial charge in [0.25, 0.3) is 0 Å². The van der Waals surface area contributed by atoms with Crippen LogP contribution in [0.5, 0.6) is 0 Å². The average molecular weight is 345 g/mol. The largest absolute Gasteiger partial charge is 0.350 e. The first-order valence-corrected chi connectivity index (χ1v) is 8.86. The van der Waals surface area contributed by atoms with Crippen molar-refractivity contribution in [1.82, 2.24) is 25.5 Å². The molecule has 23 heavy (non-hydrogen) atoms. The van der Waals surface area contributed by atoms with Crippen molar-refractivity contribution in [3.8, 4) is 5.69 Å². The quantitative estimate of drug-likeness (QED) is 0.695. The molecule has 0 atom stereocenters. The third-order valence-corrected chi connectivity index (χ3v) is 4.89. The third kappa shape index (κ3) is 4.17. The number of rotatable bonds is 6. The standard InChI is InChI=1S/C15H15N5OS2/c1-11-4-6-12(7-5-11)20-15(17-18-19-20)23-10-14(21)16-9-13-3-2-8-22-13/h2-8H,9-10H2,1H3,(H,16,21). The Morgan fingerprint density at radius 3 is 2.87 bits per heavy atom. The molecule has 118 valence electrons. The van der Waals surface area contributed by atoms with Crippen LogP contribution in [-0.4, -0.2) is 31.9 Å². The molecule has 2 aromatic heterocycles. The number of thiophene rings is 1. The molecule has 0 bridgehead atoms. The summed E-state index contributed by atoms with van der Waals surface area (Å²) in [5.74, 6) is 0.235. The fraction of sp³-hybridized carbons (Fsp3) is 0.200. The van der Waals surface area contributed by atoms with E-state index in [2.05, 4.69) is 20.8 Å². The summed E-state index contributed by atoms with van der Waals surface area (Å²) in [7, 11) is 0. The van der Waals surface area contributed by atoms with Crippen LogP contribution in [0.25, 0.3) is 5.69 Å². The number of nitrogens with zero attached hydrogens (tertiary/aromatic N) is 4. The molecule has 0 saturated heterocycles. The number of aromatic nitrogens is 4. The molecule has 2 heterocycles. The Labute approximate surface area is 141 Å². The van der Waals surface area contributed by atoms with Crippen LogP contribution in [0, 0.1) is 6.92 Å². The lowest BCUT2D eigenvalue weighted by molar-refractivity contribution is -0.118. The van der Waals surface area contributed by atoms with Crippen molar-refractivity contribution in [2.75, 3.05) is 5.75 Å². The lowest BCUT2D eigenvalue weighted by Crippen LogP contribution is -2.24. The van der Waals surface area contributed by atoms with Gasteiger partial charge in [-0.25, -0.2) is 0 Å². The highest BCUT2D eigenvalue weighted by Crippen LogP contribution is 2.18. The Morgan fingerprint density at radius 2 is 2.13 bits per heavy atom. The molecule has 3 aromatic rings. The molecule has 6 nitrogen and oxygen atoms in total. The van der Waals surface area contributed by atoms with Crippen molar-refractivity contribution in [3.63, 3.8) is 0 Å². The summed E-state index contributed by atoms with van der Waals surface area (Å²) in [5.41, 5.74) is 2.05. The molecule has 1 aromatic carbocycles. The smallest absolute Gasteiger partial charge is 0.230 e. The molecule has 0 aliphatic carbocycles. The minimum atomic E-state index is -0.0399. The first-order chi connectivity index (χ1) is 11.2. The maximum absolute atomic E-state index is 11.9. The van der Waals surface area contributed by atoms with Crippen molar-refractivity contribution >= 4 is 29.0 Å². The first-order valence-electron chi connectivity index (χ1n) is 6.99. The van der Waals surface area contributed by atoms with Crippen LogP contribution < -0.4 is 5.32 Å². The number of aryl methyl sites for hydroxylation is 1. The number of nitrogens with one attached hydrogen (secondary N) is 1. The zero-order chi connectivity index (χ0) is 16.1. The van der Waals surface area contributed by atoms with Gasteiger partial charge in [-0.1, -0.05) is 35.5 Å². The van der Waals surface area contributed by atoms with Crippen LogP contribution in [-0.2, 0) is 11.3 Å². The summed E-state index contributed by atoms with van der Waals surface area (Å²) < 4.78 is 1.64. The van der Waals surface area contributed by atoms with E-state index in [-0.39, 0.29) is 11.7 Å². The summed E-state index contributed by atoms with van der Waals surface area (Å²) in [5, 5.41) is 17.1. The van der Waals surface area contributed by atoms with Crippen molar-refractivity contribution in [2.45, 2.75) is 18.6 Å². The Kier molecular flexibility index (Phi) is 5.04. The fourth-order valence-electron chi connectivity index (χ4n) is 1.90. The molecule has 1 N–H and O–H groups in total. The molecule has 1 amide bonds. The third-order valence-electron chi connectivity index (χ3n) is 3.09. The maximum atomic E-state index is 11.9. The number of hydrogen-bond acceptors (Lipinski definition) is 6. The van der Waals surface area contributed by atoms with E-state index in [0.717, 1.165) is 10.6 Å². The van der Waals surface area contributed by atoms with Crippen LogP contribution in [0.2, 0.25) is 0 Å². The minimum Gasteiger partial charge on any atom is -0.350 e. The number of hydrogen-bond donors (Lipinski definition) is 1. The maximum Gasteiger partial charge on any atom is 0.230 e. The van der Waals surface area contributed by atoms with E-state index in [1.54, 1.807) is 16.0 Å². The van der Waals surface area contributed by atoms with Gasteiger partial charge >= 0.3 is 0 Å². The number of carbonyl (C=O) groups excluding carboxylic acids is 1. The van der Waals surface area contributed by atoms with Crippen molar-refractivity contribution in [2.24, 2.45) is 0 Å². The van der Waals surface area contributed by atoms with E-state index in [1.807, 2.05) is 48.7 Å². The Hall–Kier alpha value is -2.19. The van der Waals surface area contributed by atoms with Crippen molar-refractivity contribution in [1.29, 1.82) is 0 Å². The van der Waals surface area contributed by atoms with Gasteiger partial charge in [-0.05, 0) is 40.9 Å². The molecule has 0 spiro atoms. The molecule has 0 fully saturated rings. The lowest BCUT2D eigenvalue weighted by Gasteiger charge is -2.05. The van der Waals surface area contributed by atoms with E-state index in [0.29, 0.717) is 11.7 Å². The molecule has 0 aliphatic rings. The molecule has 0 saturated carbocycles. The van der Waals surface area contributed by atoms with Crippen LogP contribution in [0.3, 0.4) is 0 Å². The molecule has 8 heteroatoms. The van der Waals surface area contributed by atoms with E-state index in [4.69, 9.17) is 0 Å². The highest BCUT2D eigenvalue weighted by molar-refractivity contribution is 7.99. The van der Waals surface area contributed by atoms with E-state index < -0.39 is 0 Å². The van der Waals surface area contributed by atoms with Crippen molar-refractivity contribution in [3.05, 3.63) is 52.2 Å². The van der Waals surface area contributed by atoms with Crippen LogP contribution in [0.4, 0.5) is 0 Å². The summed E-state index contributed by atoms with van der Waals surface area (Å²) >= 11 is 2.94. The second-order valence-corrected chi connectivity index (χ2v) is 6.83. The molecular weight excluding hydrogens is 330 g/mol. The normalized spacial score (nSPS) is 10.7. The number of amides is 1. The number of carbonyl (C=O) groups is 1. The minimum absolute atomic E-state index is 0.0399. The van der Waals surface area contributed by atoms with E-state index >= 15 is 0 Å². The van der Waals surface area contributed by atoms with E-state index in [1.165, 1.54) is 17.3 Å². The molecule has 0 unspecified atom stereocenters. The Bertz CT molecular complexity index is 768. The zero-order valence-corrected chi connectivity index (χ0v) is 14.1. The van der Waals surface area contributed by atoms with Gasteiger partial charge in [0.1, 0.15) is 0 Å². The first kappa shape index (κ1) is 15.7. The SMILES string of the molecule is Cc1ccc(-n2nnnc2SCC(=O)NCc2cccs2)cc1. The number of benzene rings is 1. The second kappa shape index (κ2) is 7.38. The Morgan fingerprint density at radius 1 is 1.30 bits per heavy atom. The average Bonchev–Trinajstić information content (AvgIpc) is 3.23. The lowest BCUT2D eigenvalue weighted by atomic mass is 10.2. The van der Waals surface area contributed by atoms with Gasteiger partial charge < -0.3 is 5.32 Å². The summed E-state index contributed by atoms with van der Waals surface area (Å²) in [6.45, 7) is 2.58. The van der Waals surface area contributed by atoms with Crippen LogP contribution in [0.15, 0.2) is 46.9 Å². The topological polar surface area (TPSA) is 72.7 Å². The second-order valence-electron chi connectivity index (χ2n) is 4.85. The van der Waals surface area contributed by atoms with Crippen LogP contribution in [0.1, 0.15) is 10.4 Å². The highest BCUT2D eigenvalue weighted by Gasteiger charge is 2.11. The van der Waals surface area contributed by atoms with Gasteiger partial charge in [0, 0.05) is 4.88 Å². The van der Waals surface area contributed by atoms with Gasteiger partial charge in [-0.3, -0.25) is 4.79 Å². The van der Waals surface area contributed by atoms with Gasteiger partial charge in [0.15, 0.2) is 0 Å². The summed E-state index contributed by atoms with van der Waals surface area (Å²) in [6, 6.07) is 11.9. The number of thioether (sulfide) groups is 1. The predicted octanol–water partition coefficient (Wildman–Crippen LogP) is 2.44. The van der Waals surface area contributed by atoms with Crippen LogP contribution >= 0.6 is 23.1 Å². The predicted molar refractivity (Wildman–Crippen MR) is 90.8 cm³/mol. The zero-order valence-electron chi connectivity index (χ0n) is 12.5. The van der Waals surface area contributed by atoms with Gasteiger partial charge in [0.05, 0.1) is 18.0 Å². The highest BCUT2D eigenvalue weighted by atomic mass is 32.2. The van der Waals surface area contributed by atoms with E-state index in [9.17, 15) is 4.79 Å². The Balaban J connectivity index is 1.57. The van der Waals surface area contributed by atoms with Gasteiger partial charge in [-0.2, -0.15) is 4.68 Å². The monoisotopic (exact) mass is 345 g/mol. The number of tetrazole rings is 1. The molecular formula is C15H15N5OS2. The fourth-order valence-corrected chi connectivity index (χ4v) is 3.26. The summed E-state index contributed by atoms with van der Waals surface area (Å²) in [4.78, 5) is 13.1. The van der Waals surface area contributed by atoms with Gasteiger partial charge in [0.2, 0.25) is 11.1 Å².